The molecule has 8 nitrogen and oxygen atoms in total. The topological polar surface area (TPSA) is 94.2 Å². The zero-order valence-corrected chi connectivity index (χ0v) is 25.7. The highest BCUT2D eigenvalue weighted by Crippen LogP contribution is 2.33. The van der Waals surface area contributed by atoms with Gasteiger partial charge >= 0.3 is 12.1 Å². The largest absolute Gasteiger partial charge is 0.497 e. The molecule has 0 saturated carbocycles. The molecule has 1 aromatic rings. The zero-order valence-electron chi connectivity index (χ0n) is 24.8. The number of rotatable bonds is 12. The van der Waals surface area contributed by atoms with Gasteiger partial charge in [0.25, 0.3) is 0 Å². The van der Waals surface area contributed by atoms with E-state index in [1.54, 1.807) is 71.5 Å². The number of hydrogen-bond acceptors (Lipinski definition) is 7. The van der Waals surface area contributed by atoms with Gasteiger partial charge in [0.15, 0.2) is 0 Å². The van der Waals surface area contributed by atoms with Crippen molar-refractivity contribution in [2.24, 2.45) is 5.92 Å². The molecule has 0 spiro atoms. The number of methoxy groups -OCH3 is 1. The summed E-state index contributed by atoms with van der Waals surface area (Å²) in [6, 6.07) is 6.45. The van der Waals surface area contributed by atoms with E-state index in [0.29, 0.717) is 11.3 Å². The van der Waals surface area contributed by atoms with Crippen LogP contribution >= 0.6 is 11.8 Å². The van der Waals surface area contributed by atoms with Gasteiger partial charge in [-0.3, -0.25) is 4.79 Å². The number of alkyl carbamates (subject to hydrolysis) is 1. The predicted octanol–water partition coefficient (Wildman–Crippen LogP) is 5.59. The Kier molecular flexibility index (Phi) is 12.7. The molecule has 0 saturated heterocycles. The van der Waals surface area contributed by atoms with Crippen LogP contribution in [-0.4, -0.2) is 66.1 Å². The van der Waals surface area contributed by atoms with Crippen molar-refractivity contribution >= 4 is 29.7 Å². The summed E-state index contributed by atoms with van der Waals surface area (Å²) in [5.74, 6) is 0.693. The molecule has 0 radical (unpaired) electrons. The minimum absolute atomic E-state index is 0.00516. The second-order valence-corrected chi connectivity index (χ2v) is 12.7. The maximum Gasteiger partial charge on any atom is 0.408 e. The van der Waals surface area contributed by atoms with E-state index in [1.807, 2.05) is 52.0 Å². The average Bonchev–Trinajstić information content (AvgIpc) is 2.82. The lowest BCUT2D eigenvalue weighted by Gasteiger charge is -2.39. The number of nitrogens with one attached hydrogen (secondary N) is 1. The Labute approximate surface area is 232 Å². The maximum atomic E-state index is 14.0. The van der Waals surface area contributed by atoms with Crippen LogP contribution in [-0.2, 0) is 24.8 Å². The van der Waals surface area contributed by atoms with Gasteiger partial charge in [0.2, 0.25) is 5.91 Å². The van der Waals surface area contributed by atoms with Gasteiger partial charge in [-0.25, -0.2) is 9.59 Å². The third-order valence-corrected chi connectivity index (χ3v) is 7.33. The number of nitrogens with zero attached hydrogens (tertiary/aromatic N) is 1. The van der Waals surface area contributed by atoms with Crippen LogP contribution in [0.2, 0.25) is 0 Å². The minimum Gasteiger partial charge on any atom is -0.497 e. The number of likely N-dealkylation sites (N-methyl/N-ethyl adjacent to an activating group) is 1. The number of ether oxygens (including phenoxy) is 3. The molecule has 0 unspecified atom stereocenters. The van der Waals surface area contributed by atoms with Gasteiger partial charge < -0.3 is 24.4 Å². The highest BCUT2D eigenvalue weighted by molar-refractivity contribution is 7.99. The highest BCUT2D eigenvalue weighted by atomic mass is 32.2. The van der Waals surface area contributed by atoms with Crippen LogP contribution in [0.3, 0.4) is 0 Å². The molecule has 1 aromatic carbocycles. The van der Waals surface area contributed by atoms with Crippen molar-refractivity contribution in [3.05, 3.63) is 41.5 Å². The lowest BCUT2D eigenvalue weighted by atomic mass is 9.96. The first-order valence-corrected chi connectivity index (χ1v) is 13.9. The molecule has 214 valence electrons. The summed E-state index contributed by atoms with van der Waals surface area (Å²) in [6.07, 6.45) is 1.09. The average molecular weight is 551 g/mol. The van der Waals surface area contributed by atoms with Crippen molar-refractivity contribution in [3.8, 4) is 5.75 Å². The molecule has 0 aliphatic rings. The molecule has 1 N–H and O–H groups in total. The molecule has 2 amide bonds. The van der Waals surface area contributed by atoms with E-state index in [9.17, 15) is 14.4 Å². The Morgan fingerprint density at radius 3 is 2.13 bits per heavy atom. The number of carbonyl (C=O) groups is 3. The normalized spacial score (nSPS) is 13.9. The molecule has 0 fully saturated rings. The van der Waals surface area contributed by atoms with E-state index in [-0.39, 0.29) is 18.4 Å². The van der Waals surface area contributed by atoms with E-state index in [2.05, 4.69) is 5.32 Å². The molecule has 0 aliphatic heterocycles. The van der Waals surface area contributed by atoms with Crippen LogP contribution in [0.4, 0.5) is 4.79 Å². The monoisotopic (exact) mass is 550 g/mol. The quantitative estimate of drug-likeness (QED) is 0.268. The minimum atomic E-state index is -0.900. The van der Waals surface area contributed by atoms with Crippen molar-refractivity contribution in [3.63, 3.8) is 0 Å². The van der Waals surface area contributed by atoms with E-state index in [4.69, 9.17) is 14.2 Å². The molecule has 0 heterocycles. The summed E-state index contributed by atoms with van der Waals surface area (Å²) in [5, 5.41) is 2.83. The maximum absolute atomic E-state index is 14.0. The summed E-state index contributed by atoms with van der Waals surface area (Å²) >= 11 is 1.56. The predicted molar refractivity (Wildman–Crippen MR) is 153 cm³/mol. The van der Waals surface area contributed by atoms with Crippen molar-refractivity contribution < 1.29 is 28.6 Å². The summed E-state index contributed by atoms with van der Waals surface area (Å²) in [7, 11) is 3.31. The smallest absolute Gasteiger partial charge is 0.408 e. The lowest BCUT2D eigenvalue weighted by molar-refractivity contribution is -0.139. The fraction of sp³-hybridized carbons (Fsp3) is 0.621. The van der Waals surface area contributed by atoms with Gasteiger partial charge in [0, 0.05) is 23.1 Å². The third kappa shape index (κ3) is 10.6. The van der Waals surface area contributed by atoms with E-state index in [0.717, 1.165) is 11.3 Å². The Balaban J connectivity index is 3.29. The number of amides is 2. The second-order valence-electron chi connectivity index (χ2n) is 11.1. The van der Waals surface area contributed by atoms with Crippen molar-refractivity contribution in [2.75, 3.05) is 20.8 Å². The number of hydrogen-bond donors (Lipinski definition) is 1. The second kappa shape index (κ2) is 14.5. The molecule has 38 heavy (non-hydrogen) atoms. The lowest BCUT2D eigenvalue weighted by Crippen LogP contribution is -2.59. The number of thioether (sulfide) groups is 1. The van der Waals surface area contributed by atoms with E-state index < -0.39 is 34.5 Å². The van der Waals surface area contributed by atoms with Gasteiger partial charge in [-0.05, 0) is 72.1 Å². The molecule has 0 aromatic heterocycles. The van der Waals surface area contributed by atoms with E-state index >= 15 is 0 Å². The van der Waals surface area contributed by atoms with Gasteiger partial charge in [0.1, 0.15) is 17.4 Å². The van der Waals surface area contributed by atoms with Crippen LogP contribution < -0.4 is 10.1 Å². The number of carbonyl (C=O) groups excluding carboxylic acids is 3. The van der Waals surface area contributed by atoms with Gasteiger partial charge in [-0.1, -0.05) is 32.1 Å². The molecular formula is C29H46N2O6S. The van der Waals surface area contributed by atoms with E-state index in [1.165, 1.54) is 0 Å². The first-order valence-electron chi connectivity index (χ1n) is 12.9. The van der Waals surface area contributed by atoms with Crippen LogP contribution in [0.1, 0.15) is 67.9 Å². The van der Waals surface area contributed by atoms with Gasteiger partial charge in [-0.2, -0.15) is 0 Å². The Hall–Kier alpha value is -2.68. The fourth-order valence-corrected chi connectivity index (χ4v) is 4.76. The fourth-order valence-electron chi connectivity index (χ4n) is 3.70. The molecule has 0 bridgehead atoms. The molecule has 2 atom stereocenters. The molecule has 9 heteroatoms. The molecule has 0 aliphatic carbocycles. The van der Waals surface area contributed by atoms with Crippen LogP contribution in [0.15, 0.2) is 35.9 Å². The summed E-state index contributed by atoms with van der Waals surface area (Å²) in [6.45, 7) is 16.8. The van der Waals surface area contributed by atoms with Crippen molar-refractivity contribution in [1.82, 2.24) is 10.2 Å². The summed E-state index contributed by atoms with van der Waals surface area (Å²) in [5.41, 5.74) is 0.771. The number of esters is 1. The Bertz CT molecular complexity index is 966. The molecular weight excluding hydrogens is 504 g/mol. The van der Waals surface area contributed by atoms with Crippen LogP contribution in [0.25, 0.3) is 0 Å². The molecule has 1 rings (SSSR count). The van der Waals surface area contributed by atoms with Gasteiger partial charge in [-0.15, -0.1) is 11.8 Å². The first-order chi connectivity index (χ1) is 17.5. The van der Waals surface area contributed by atoms with Crippen molar-refractivity contribution in [1.29, 1.82) is 0 Å². The summed E-state index contributed by atoms with van der Waals surface area (Å²) < 4.78 is 15.1. The first kappa shape index (κ1) is 33.3. The summed E-state index contributed by atoms with van der Waals surface area (Å²) in [4.78, 5) is 40.7. The Morgan fingerprint density at radius 1 is 1.08 bits per heavy atom. The van der Waals surface area contributed by atoms with Crippen LogP contribution in [0, 0.1) is 5.92 Å². The zero-order chi connectivity index (χ0) is 29.3. The highest BCUT2D eigenvalue weighted by Gasteiger charge is 2.41. The van der Waals surface area contributed by atoms with Gasteiger partial charge in [0.05, 0.1) is 19.8 Å². The number of benzene rings is 1. The van der Waals surface area contributed by atoms with Crippen molar-refractivity contribution in [2.45, 2.75) is 90.5 Å². The standard InChI is InChI=1S/C29H46N2O6S/c1-12-36-26(33)20(4)17-23(19(2)3)31(10)25(32)24(30-27(34)37-28(5,6)7)29(8,9)38-18-21-13-15-22(35-11)16-14-21/h13-17,19,23-24H,12,18H2,1-11H3,(H,30,34)/t23-,24-/m1/s1. The Morgan fingerprint density at radius 2 is 1.66 bits per heavy atom. The third-order valence-electron chi connectivity index (χ3n) is 5.87. The van der Waals surface area contributed by atoms with Crippen LogP contribution in [0.5, 0.6) is 5.75 Å². The SMILES string of the molecule is CCOC(=O)C(C)=C[C@H](C(C)C)N(C)C(=O)[C@@H](NC(=O)OC(C)(C)C)C(C)(C)SCc1ccc(OC)cc1.